The molecule has 2 amide bonds. The highest BCUT2D eigenvalue weighted by atomic mass is 16.2. The van der Waals surface area contributed by atoms with Crippen molar-refractivity contribution < 1.29 is 14.1 Å². The molecule has 2 fully saturated rings. The van der Waals surface area contributed by atoms with Crippen LogP contribution in [-0.2, 0) is 9.59 Å². The maximum Gasteiger partial charge on any atom is 0.235 e. The van der Waals surface area contributed by atoms with Gasteiger partial charge < -0.3 is 4.48 Å². The number of hydrogen-bond donors (Lipinski definition) is 0. The van der Waals surface area contributed by atoms with E-state index >= 15 is 0 Å². The smallest absolute Gasteiger partial charge is 0.235 e. The number of carbonyl (C=O) groups is 2. The molecule has 1 aliphatic carbocycles. The monoisotopic (exact) mass is 281 g/mol. The molecule has 0 spiro atoms. The molecule has 2 rings (SSSR count). The van der Waals surface area contributed by atoms with Crippen LogP contribution in [0.3, 0.4) is 0 Å². The molecule has 0 aromatic heterocycles. The van der Waals surface area contributed by atoms with Crippen LogP contribution in [0.25, 0.3) is 0 Å². The van der Waals surface area contributed by atoms with E-state index < -0.39 is 0 Å². The van der Waals surface area contributed by atoms with E-state index in [0.717, 1.165) is 30.3 Å². The highest BCUT2D eigenvalue weighted by Gasteiger charge is 2.64. The van der Waals surface area contributed by atoms with Crippen LogP contribution in [0.1, 0.15) is 40.0 Å². The van der Waals surface area contributed by atoms with Gasteiger partial charge in [-0.3, -0.25) is 14.5 Å². The zero-order chi connectivity index (χ0) is 15.3. The Balaban J connectivity index is 2.13. The summed E-state index contributed by atoms with van der Waals surface area (Å²) < 4.78 is 0.864. The van der Waals surface area contributed by atoms with Crippen molar-refractivity contribution in [3.8, 4) is 0 Å². The largest absolute Gasteiger partial charge is 0.331 e. The van der Waals surface area contributed by atoms with E-state index in [9.17, 15) is 9.59 Å². The minimum Gasteiger partial charge on any atom is -0.331 e. The van der Waals surface area contributed by atoms with Crippen LogP contribution >= 0.6 is 0 Å². The summed E-state index contributed by atoms with van der Waals surface area (Å²) in [6.45, 7) is 7.78. The highest BCUT2D eigenvalue weighted by Crippen LogP contribution is 2.59. The molecular weight excluding hydrogens is 252 g/mol. The average Bonchev–Trinajstić information content (AvgIpc) is 2.48. The van der Waals surface area contributed by atoms with Gasteiger partial charge in [-0.15, -0.1) is 0 Å². The van der Waals surface area contributed by atoms with Gasteiger partial charge in [0.1, 0.15) is 0 Å². The Hall–Kier alpha value is -0.900. The molecule has 4 nitrogen and oxygen atoms in total. The van der Waals surface area contributed by atoms with Gasteiger partial charge in [0.25, 0.3) is 0 Å². The molecule has 0 aromatic rings. The number of quaternary nitrogens is 1. The van der Waals surface area contributed by atoms with Gasteiger partial charge in [-0.1, -0.05) is 20.8 Å². The second kappa shape index (κ2) is 4.55. The summed E-state index contributed by atoms with van der Waals surface area (Å²) in [5, 5.41) is 0. The fourth-order valence-electron chi connectivity index (χ4n) is 3.82. The summed E-state index contributed by atoms with van der Waals surface area (Å²) in [6, 6.07) is 0. The molecule has 20 heavy (non-hydrogen) atoms. The molecule has 1 saturated heterocycles. The first-order chi connectivity index (χ1) is 9.01. The molecule has 1 aliphatic heterocycles. The van der Waals surface area contributed by atoms with E-state index in [4.69, 9.17) is 0 Å². The van der Waals surface area contributed by atoms with Gasteiger partial charge in [-0.05, 0) is 18.3 Å². The lowest BCUT2D eigenvalue weighted by Gasteiger charge is -2.47. The minimum absolute atomic E-state index is 0.0225. The normalized spacial score (nSPS) is 32.9. The lowest BCUT2D eigenvalue weighted by atomic mass is 9.62. The number of rotatable bonds is 4. The predicted octanol–water partition coefficient (Wildman–Crippen LogP) is 1.89. The van der Waals surface area contributed by atoms with E-state index in [0.29, 0.717) is 6.54 Å². The first-order valence-electron chi connectivity index (χ1n) is 7.67. The zero-order valence-electron chi connectivity index (χ0n) is 13.8. The van der Waals surface area contributed by atoms with E-state index in [1.54, 1.807) is 4.90 Å². The Kier molecular flexibility index (Phi) is 3.52. The number of imide groups is 1. The minimum atomic E-state index is -0.359. The van der Waals surface area contributed by atoms with Crippen molar-refractivity contribution in [3.63, 3.8) is 0 Å². The van der Waals surface area contributed by atoms with Crippen LogP contribution in [0.15, 0.2) is 0 Å². The van der Waals surface area contributed by atoms with Crippen LogP contribution in [-0.4, -0.2) is 55.4 Å². The van der Waals surface area contributed by atoms with Crippen LogP contribution in [0.2, 0.25) is 0 Å². The lowest BCUT2D eigenvalue weighted by Crippen LogP contribution is -2.59. The molecule has 1 heterocycles. The van der Waals surface area contributed by atoms with Crippen molar-refractivity contribution in [2.24, 2.45) is 16.7 Å². The maximum atomic E-state index is 12.8. The molecular formula is C16H29N2O2+. The third kappa shape index (κ3) is 2.18. The number of likely N-dealkylation sites (tertiary alicyclic amines) is 1. The number of amides is 2. The topological polar surface area (TPSA) is 37.4 Å². The Morgan fingerprint density at radius 1 is 1.20 bits per heavy atom. The van der Waals surface area contributed by atoms with Crippen molar-refractivity contribution in [1.82, 2.24) is 4.90 Å². The van der Waals surface area contributed by atoms with Gasteiger partial charge in [0.2, 0.25) is 11.8 Å². The Morgan fingerprint density at radius 3 is 2.35 bits per heavy atom. The Labute approximate surface area is 122 Å². The maximum absolute atomic E-state index is 12.8. The summed E-state index contributed by atoms with van der Waals surface area (Å²) >= 11 is 0. The van der Waals surface area contributed by atoms with Crippen molar-refractivity contribution in [1.29, 1.82) is 0 Å². The first-order valence-corrected chi connectivity index (χ1v) is 7.67. The molecule has 1 saturated carbocycles. The van der Waals surface area contributed by atoms with E-state index in [-0.39, 0.29) is 28.6 Å². The first kappa shape index (κ1) is 15.5. The number of piperidine rings is 1. The van der Waals surface area contributed by atoms with Crippen LogP contribution < -0.4 is 0 Å². The second-order valence-electron chi connectivity index (χ2n) is 8.31. The second-order valence-corrected chi connectivity index (χ2v) is 8.31. The van der Waals surface area contributed by atoms with Crippen LogP contribution in [0, 0.1) is 16.7 Å². The highest BCUT2D eigenvalue weighted by molar-refractivity contribution is 6.03. The summed E-state index contributed by atoms with van der Waals surface area (Å²) in [6.07, 6.45) is 2.59. The molecule has 2 atom stereocenters. The molecule has 4 heteroatoms. The van der Waals surface area contributed by atoms with E-state index in [1.165, 1.54) is 0 Å². The fourth-order valence-corrected chi connectivity index (χ4v) is 3.82. The van der Waals surface area contributed by atoms with Gasteiger partial charge in [-0.25, -0.2) is 0 Å². The fraction of sp³-hybridized carbons (Fsp3) is 0.875. The average molecular weight is 281 g/mol. The Bertz CT molecular complexity index is 436. The van der Waals surface area contributed by atoms with Gasteiger partial charge in [0.05, 0.1) is 33.1 Å². The number of carbonyl (C=O) groups excluding carboxylic acids is 2. The van der Waals surface area contributed by atoms with Crippen molar-refractivity contribution in [2.75, 3.05) is 34.2 Å². The summed E-state index contributed by atoms with van der Waals surface area (Å²) in [4.78, 5) is 26.9. The molecule has 0 aromatic carbocycles. The van der Waals surface area contributed by atoms with Crippen molar-refractivity contribution >= 4 is 11.8 Å². The quantitative estimate of drug-likeness (QED) is 0.583. The third-order valence-electron chi connectivity index (χ3n) is 5.72. The van der Waals surface area contributed by atoms with Crippen molar-refractivity contribution in [3.05, 3.63) is 0 Å². The third-order valence-corrected chi connectivity index (χ3v) is 5.72. The summed E-state index contributed by atoms with van der Waals surface area (Å²) in [5.74, 6) is 0.147. The molecule has 0 radical (unpaired) electrons. The Morgan fingerprint density at radius 2 is 1.80 bits per heavy atom. The standard InChI is InChI=1S/C16H29N2O2/c1-15(2)12-8-9-16(15,3)14(20)17(13(12)19)10-7-11-18(4,5)6/h12H,7-11H2,1-6H3/q+1/t12-,16-/m1/s1. The van der Waals surface area contributed by atoms with Crippen molar-refractivity contribution in [2.45, 2.75) is 40.0 Å². The van der Waals surface area contributed by atoms with Gasteiger partial charge in [0, 0.05) is 18.9 Å². The molecule has 0 unspecified atom stereocenters. The molecule has 0 N–H and O–H groups in total. The molecule has 2 bridgehead atoms. The number of nitrogens with zero attached hydrogens (tertiary/aromatic N) is 2. The van der Waals surface area contributed by atoms with Gasteiger partial charge in [0.15, 0.2) is 0 Å². The van der Waals surface area contributed by atoms with E-state index in [1.807, 2.05) is 0 Å². The predicted molar refractivity (Wildman–Crippen MR) is 78.8 cm³/mol. The summed E-state index contributed by atoms with van der Waals surface area (Å²) in [7, 11) is 6.40. The number of fused-ring (bicyclic) bond motifs is 2. The zero-order valence-corrected chi connectivity index (χ0v) is 13.8. The number of hydrogen-bond acceptors (Lipinski definition) is 2. The summed E-state index contributed by atoms with van der Waals surface area (Å²) in [5.41, 5.74) is -0.556. The van der Waals surface area contributed by atoms with Crippen LogP contribution in [0.5, 0.6) is 0 Å². The molecule has 114 valence electrons. The van der Waals surface area contributed by atoms with E-state index in [2.05, 4.69) is 41.9 Å². The SMILES string of the molecule is CC1(C)[C@@H]2CC[C@]1(C)C(=O)N(CCC[N+](C)(C)C)C2=O. The van der Waals surface area contributed by atoms with Crippen LogP contribution in [0.4, 0.5) is 0 Å². The van der Waals surface area contributed by atoms with Gasteiger partial charge >= 0.3 is 0 Å². The lowest BCUT2D eigenvalue weighted by molar-refractivity contribution is -0.870. The molecule has 2 aliphatic rings. The van der Waals surface area contributed by atoms with Gasteiger partial charge in [-0.2, -0.15) is 0 Å².